The summed E-state index contributed by atoms with van der Waals surface area (Å²) < 4.78 is 9.64. The van der Waals surface area contributed by atoms with Gasteiger partial charge in [-0.15, -0.1) is 0 Å². The largest absolute Gasteiger partial charge is 0.453 e. The number of aryl methyl sites for hydroxylation is 1. The van der Waals surface area contributed by atoms with E-state index >= 15 is 0 Å². The fraction of sp³-hybridized carbons (Fsp3) is 0.439. The second-order valence-corrected chi connectivity index (χ2v) is 20.5. The van der Waals surface area contributed by atoms with Gasteiger partial charge in [0.15, 0.2) is 0 Å². The van der Waals surface area contributed by atoms with E-state index in [-0.39, 0.29) is 41.7 Å². The minimum atomic E-state index is -0.692. The average molecular weight is 961 g/mol. The number of carbonyl (C=O) groups excluding carboxylic acids is 4. The summed E-state index contributed by atoms with van der Waals surface area (Å²) in [4.78, 5) is 72.2. The zero-order valence-corrected chi connectivity index (χ0v) is 42.1. The van der Waals surface area contributed by atoms with Crippen LogP contribution < -0.4 is 10.6 Å². The molecule has 6 atom stereocenters. The van der Waals surface area contributed by atoms with E-state index in [4.69, 9.17) is 19.4 Å². The van der Waals surface area contributed by atoms with Crippen LogP contribution >= 0.6 is 0 Å². The second-order valence-electron chi connectivity index (χ2n) is 20.5. The van der Waals surface area contributed by atoms with Crippen LogP contribution in [0.5, 0.6) is 0 Å². The van der Waals surface area contributed by atoms with Crippen LogP contribution in [0.1, 0.15) is 131 Å². The third-order valence-corrected chi connectivity index (χ3v) is 15.2. The molecule has 7 aliphatic rings. The van der Waals surface area contributed by atoms with E-state index in [0.29, 0.717) is 19.0 Å². The first-order valence-electron chi connectivity index (χ1n) is 25.4. The van der Waals surface area contributed by atoms with Crippen LogP contribution in [0.15, 0.2) is 96.8 Å². The van der Waals surface area contributed by atoms with Crippen molar-refractivity contribution in [2.24, 2.45) is 17.8 Å². The Morgan fingerprint density at radius 3 is 1.61 bits per heavy atom. The van der Waals surface area contributed by atoms with Crippen molar-refractivity contribution >= 4 is 35.1 Å². The van der Waals surface area contributed by atoms with E-state index in [1.165, 1.54) is 53.2 Å². The molecule has 5 aromatic rings. The molecule has 4 N–H and O–H groups in total. The van der Waals surface area contributed by atoms with Crippen molar-refractivity contribution < 1.29 is 28.7 Å². The van der Waals surface area contributed by atoms with Gasteiger partial charge in [0.25, 0.3) is 0 Å². The summed E-state index contributed by atoms with van der Waals surface area (Å²) in [5.74, 6) is 1.66. The van der Waals surface area contributed by atoms with Crippen LogP contribution in [0.3, 0.4) is 0 Å². The van der Waals surface area contributed by atoms with Gasteiger partial charge in [-0.2, -0.15) is 0 Å². The molecule has 372 valence electrons. The quantitative estimate of drug-likeness (QED) is 0.0956. The molecule has 4 amide bonds. The van der Waals surface area contributed by atoms with Gasteiger partial charge < -0.3 is 39.9 Å². The number of alkyl carbamates (subject to hydrolysis) is 2. The highest BCUT2D eigenvalue weighted by Crippen LogP contribution is 2.46. The summed E-state index contributed by atoms with van der Waals surface area (Å²) in [6, 6.07) is 25.1. The van der Waals surface area contributed by atoms with Crippen molar-refractivity contribution in [3.63, 3.8) is 0 Å². The zero-order valence-electron chi connectivity index (χ0n) is 42.1. The second kappa shape index (κ2) is 21.2. The van der Waals surface area contributed by atoms with E-state index < -0.39 is 24.3 Å². The lowest BCUT2D eigenvalue weighted by atomic mass is 9.72. The van der Waals surface area contributed by atoms with Crippen molar-refractivity contribution in [2.45, 2.75) is 116 Å². The number of hydrogen-bond acceptors (Lipinski definition) is 8. The molecule has 4 bridgehead atoms. The summed E-state index contributed by atoms with van der Waals surface area (Å²) in [6.45, 7) is 11.2. The van der Waals surface area contributed by atoms with Crippen LogP contribution in [0, 0.1) is 17.8 Å². The molecular weight excluding hydrogens is 893 g/mol. The predicted molar refractivity (Wildman–Crippen MR) is 275 cm³/mol. The zero-order chi connectivity index (χ0) is 49.9. The lowest BCUT2D eigenvalue weighted by molar-refractivity contribution is -0.136. The van der Waals surface area contributed by atoms with Crippen molar-refractivity contribution in [1.82, 2.24) is 40.4 Å². The Hall–Kier alpha value is -6.96. The molecule has 0 spiro atoms. The molecule has 14 heteroatoms. The Morgan fingerprint density at radius 1 is 0.648 bits per heavy atom. The lowest BCUT2D eigenvalue weighted by Crippen LogP contribution is -2.51. The summed E-state index contributed by atoms with van der Waals surface area (Å²) in [6.07, 6.45) is 12.0. The maximum atomic E-state index is 13.8. The molecule has 12 rings (SSSR count). The van der Waals surface area contributed by atoms with Crippen LogP contribution in [0.4, 0.5) is 9.59 Å². The van der Waals surface area contributed by atoms with E-state index in [2.05, 4.69) is 106 Å². The monoisotopic (exact) mass is 961 g/mol. The van der Waals surface area contributed by atoms with Gasteiger partial charge in [0.1, 0.15) is 23.7 Å². The number of benzene rings is 3. The third kappa shape index (κ3) is 10.4. The van der Waals surface area contributed by atoms with E-state index in [9.17, 15) is 19.2 Å². The van der Waals surface area contributed by atoms with Gasteiger partial charge in [0.05, 0.1) is 50.1 Å². The highest BCUT2D eigenvalue weighted by Gasteiger charge is 2.39. The normalized spacial score (nSPS) is 20.9. The summed E-state index contributed by atoms with van der Waals surface area (Å²) in [5.41, 5.74) is 13.1. The van der Waals surface area contributed by atoms with Crippen LogP contribution in [0.25, 0.3) is 33.7 Å². The average Bonchev–Trinajstić information content (AvgIpc) is 4.24. The number of H-pyrrole nitrogens is 2. The molecule has 0 radical (unpaired) electrons. The Balaban J connectivity index is 0.961. The number of amides is 4. The molecule has 5 aliphatic carbocycles. The van der Waals surface area contributed by atoms with Crippen LogP contribution in [-0.2, 0) is 25.5 Å². The molecule has 0 saturated carbocycles. The minimum absolute atomic E-state index is 0.109. The molecule has 71 heavy (non-hydrogen) atoms. The highest BCUT2D eigenvalue weighted by molar-refractivity contribution is 5.88. The van der Waals surface area contributed by atoms with Crippen molar-refractivity contribution in [3.8, 4) is 22.5 Å². The maximum absolute atomic E-state index is 13.8. The van der Waals surface area contributed by atoms with E-state index in [1.54, 1.807) is 0 Å². The number of nitrogens with zero attached hydrogens (tertiary/aromatic N) is 4. The van der Waals surface area contributed by atoms with Gasteiger partial charge >= 0.3 is 12.2 Å². The number of methoxy groups -OCH3 is 2. The molecule has 3 aromatic carbocycles. The molecule has 0 unspecified atom stereocenters. The minimum Gasteiger partial charge on any atom is -0.453 e. The molecule has 2 saturated heterocycles. The van der Waals surface area contributed by atoms with Gasteiger partial charge in [-0.25, -0.2) is 19.6 Å². The number of rotatable bonds is 12. The van der Waals surface area contributed by atoms with E-state index in [1.807, 2.05) is 49.9 Å². The summed E-state index contributed by atoms with van der Waals surface area (Å²) in [7, 11) is 2.61. The number of likely N-dealkylation sites (tertiary alicyclic amines) is 2. The number of hydrogen-bond donors (Lipinski definition) is 4. The van der Waals surface area contributed by atoms with E-state index in [0.717, 1.165) is 85.5 Å². The number of nitrogens with one attached hydrogen (secondary N) is 4. The van der Waals surface area contributed by atoms with Crippen molar-refractivity contribution in [3.05, 3.63) is 131 Å². The summed E-state index contributed by atoms with van der Waals surface area (Å²) in [5, 5.41) is 5.47. The van der Waals surface area contributed by atoms with Gasteiger partial charge in [-0.1, -0.05) is 113 Å². The molecule has 2 aromatic heterocycles. The van der Waals surface area contributed by atoms with Crippen molar-refractivity contribution in [1.29, 1.82) is 0 Å². The maximum Gasteiger partial charge on any atom is 0.407 e. The number of ether oxygens (including phenoxy) is 2. The molecule has 4 heterocycles. The van der Waals surface area contributed by atoms with Crippen molar-refractivity contribution in [2.75, 3.05) is 27.3 Å². The fourth-order valence-corrected chi connectivity index (χ4v) is 11.2. The highest BCUT2D eigenvalue weighted by atomic mass is 16.5. The Labute approximate surface area is 417 Å². The Kier molecular flexibility index (Phi) is 14.6. The van der Waals surface area contributed by atoms with Gasteiger partial charge in [0.2, 0.25) is 11.8 Å². The van der Waals surface area contributed by atoms with Crippen LogP contribution in [-0.4, -0.2) is 93.1 Å². The smallest absolute Gasteiger partial charge is 0.407 e. The number of carbonyl (C=O) groups is 4. The third-order valence-electron chi connectivity index (χ3n) is 15.2. The Morgan fingerprint density at radius 2 is 1.13 bits per heavy atom. The number of allylic oxidation sites excluding steroid dienone is 4. The predicted octanol–water partition coefficient (Wildman–Crippen LogP) is 10.6. The topological polar surface area (TPSA) is 175 Å². The number of aromatic nitrogens is 4. The lowest BCUT2D eigenvalue weighted by Gasteiger charge is -2.32. The van der Waals surface area contributed by atoms with Gasteiger partial charge in [0, 0.05) is 13.1 Å². The first kappa shape index (κ1) is 49.0. The Bertz CT molecular complexity index is 2790. The van der Waals surface area contributed by atoms with Crippen LogP contribution in [0.2, 0.25) is 0 Å². The fourth-order valence-electron chi connectivity index (χ4n) is 11.2. The van der Waals surface area contributed by atoms with Gasteiger partial charge in [-0.05, 0) is 125 Å². The van der Waals surface area contributed by atoms with Gasteiger partial charge in [-0.3, -0.25) is 9.59 Å². The first-order valence-corrected chi connectivity index (χ1v) is 25.4. The SMILES string of the molecule is COC(=O)N[C@H](C(=O)N1CCC[C@H]1c1ncc(-c2ccc(C3=CC4=C(c5ccc(-c6cnc([C@@H]7CCCN7C(=O)[C@@H](NC(=O)OC)C(C)C)[nH]6)cc5)C[C@@H]3C[C@@H](C)c3ccc(cc3)CC4)cc2)[nH]1)C(C)C. The first-order chi connectivity index (χ1) is 34.3. The summed E-state index contributed by atoms with van der Waals surface area (Å²) >= 11 is 0. The number of aromatic amines is 2. The molecule has 2 aliphatic heterocycles. The number of imidazole rings is 2. The molecule has 14 nitrogen and oxygen atoms in total. The standard InChI is InChI=1S/C57H68N8O6/c1-33(2)50(62-56(68)70-6)54(66)64-26-8-10-48(64)52-58-31-46(60-52)40-22-18-38(19-23-40)44-30-43-28-35(5)37-15-12-36(13-16-37)14-17-42(44)29-45(43)39-20-24-41(25-21-39)47-32-59-53(61-47)49-11-9-27-65(49)55(67)51(34(3)4)63-57(69)71-7/h12-13,15-16,18-25,29,31-35,43,48-51H,8-11,14,17,26-28,30H2,1-7H3,(H,58,60)(H,59,61)(H,62,68)(H,63,69)/t35-,43+,48+,49+,50+,51+/m1/s1. The molecular formula is C57H68N8O6. The molecule has 2 fully saturated rings.